The predicted molar refractivity (Wildman–Crippen MR) is 72.8 cm³/mol. The molecule has 2 rings (SSSR count). The second-order valence-corrected chi connectivity index (χ2v) is 4.33. The summed E-state index contributed by atoms with van der Waals surface area (Å²) in [4.78, 5) is 11.7. The smallest absolute Gasteiger partial charge is 0.224 e. The van der Waals surface area contributed by atoms with Crippen molar-refractivity contribution < 1.29 is 9.18 Å². The third-order valence-electron chi connectivity index (χ3n) is 2.72. The summed E-state index contributed by atoms with van der Waals surface area (Å²) in [7, 11) is 0. The molecule has 4 heteroatoms. The van der Waals surface area contributed by atoms with Crippen LogP contribution in [-0.4, -0.2) is 5.91 Å². The molecule has 0 aromatic heterocycles. The topological polar surface area (TPSA) is 55.1 Å². The van der Waals surface area contributed by atoms with Crippen molar-refractivity contribution in [2.45, 2.75) is 13.0 Å². The fraction of sp³-hybridized carbons (Fsp3) is 0.133. The van der Waals surface area contributed by atoms with Gasteiger partial charge in [-0.3, -0.25) is 4.79 Å². The molecule has 0 saturated heterocycles. The molecule has 0 aliphatic carbocycles. The fourth-order valence-corrected chi connectivity index (χ4v) is 1.75. The summed E-state index contributed by atoms with van der Waals surface area (Å²) in [6, 6.07) is 13.3. The number of rotatable bonds is 4. The second-order valence-electron chi connectivity index (χ2n) is 4.33. The van der Waals surface area contributed by atoms with Crippen LogP contribution in [0.4, 0.5) is 10.1 Å². The zero-order chi connectivity index (χ0) is 13.7. The number of nitrogens with one attached hydrogen (secondary N) is 1. The minimum atomic E-state index is -0.283. The molecule has 2 aromatic carbocycles. The zero-order valence-corrected chi connectivity index (χ0v) is 10.4. The number of nitrogens with two attached hydrogens (primary N) is 1. The Morgan fingerprint density at radius 1 is 1.11 bits per heavy atom. The molecule has 0 radical (unpaired) electrons. The minimum absolute atomic E-state index is 0.0880. The highest BCUT2D eigenvalue weighted by atomic mass is 19.1. The summed E-state index contributed by atoms with van der Waals surface area (Å²) in [5.74, 6) is -0.371. The van der Waals surface area contributed by atoms with Crippen LogP contribution in [0.3, 0.4) is 0 Å². The summed E-state index contributed by atoms with van der Waals surface area (Å²) >= 11 is 0. The van der Waals surface area contributed by atoms with Gasteiger partial charge in [0.05, 0.1) is 6.42 Å². The van der Waals surface area contributed by atoms with Crippen LogP contribution in [0.15, 0.2) is 48.5 Å². The van der Waals surface area contributed by atoms with Crippen molar-refractivity contribution >= 4 is 11.6 Å². The number of halogens is 1. The largest absolute Gasteiger partial charge is 0.399 e. The molecule has 0 atom stereocenters. The number of nitrogen functional groups attached to an aromatic ring is 1. The Morgan fingerprint density at radius 2 is 1.84 bits per heavy atom. The molecule has 0 bridgehead atoms. The van der Waals surface area contributed by atoms with Gasteiger partial charge in [0.15, 0.2) is 0 Å². The van der Waals surface area contributed by atoms with E-state index in [0.29, 0.717) is 12.2 Å². The number of hydrogen-bond donors (Lipinski definition) is 2. The highest BCUT2D eigenvalue weighted by Gasteiger charge is 2.03. The van der Waals surface area contributed by atoms with Crippen LogP contribution >= 0.6 is 0 Å². The third-order valence-corrected chi connectivity index (χ3v) is 2.72. The predicted octanol–water partition coefficient (Wildman–Crippen LogP) is 2.27. The molecule has 1 amide bonds. The lowest BCUT2D eigenvalue weighted by molar-refractivity contribution is -0.120. The summed E-state index contributed by atoms with van der Waals surface area (Å²) in [6.45, 7) is 0.390. The number of anilines is 1. The van der Waals surface area contributed by atoms with Crippen LogP contribution in [0.1, 0.15) is 11.1 Å². The van der Waals surface area contributed by atoms with Crippen molar-refractivity contribution in [1.29, 1.82) is 0 Å². The Bertz CT molecular complexity index is 567. The number of carbonyl (C=O) groups is 1. The number of benzene rings is 2. The maximum Gasteiger partial charge on any atom is 0.224 e. The SMILES string of the molecule is Nc1cccc(CC(=O)NCc2ccc(F)cc2)c1. The van der Waals surface area contributed by atoms with E-state index >= 15 is 0 Å². The molecule has 0 aliphatic rings. The Labute approximate surface area is 111 Å². The van der Waals surface area contributed by atoms with Gasteiger partial charge in [-0.1, -0.05) is 24.3 Å². The molecular weight excluding hydrogens is 243 g/mol. The Hall–Kier alpha value is -2.36. The number of carbonyl (C=O) groups excluding carboxylic acids is 1. The maximum atomic E-state index is 12.7. The van der Waals surface area contributed by atoms with Crippen LogP contribution in [-0.2, 0) is 17.8 Å². The molecule has 3 N–H and O–H groups in total. The average Bonchev–Trinajstić information content (AvgIpc) is 2.38. The van der Waals surface area contributed by atoms with Crippen LogP contribution in [0.25, 0.3) is 0 Å². The third kappa shape index (κ3) is 4.10. The molecule has 98 valence electrons. The highest BCUT2D eigenvalue weighted by molar-refractivity contribution is 5.78. The quantitative estimate of drug-likeness (QED) is 0.826. The molecule has 0 fully saturated rings. The van der Waals surface area contributed by atoms with E-state index in [1.807, 2.05) is 12.1 Å². The highest BCUT2D eigenvalue weighted by Crippen LogP contribution is 2.07. The van der Waals surface area contributed by atoms with E-state index in [1.165, 1.54) is 12.1 Å². The van der Waals surface area contributed by atoms with E-state index in [4.69, 9.17) is 5.73 Å². The fourth-order valence-electron chi connectivity index (χ4n) is 1.75. The van der Waals surface area contributed by atoms with Gasteiger partial charge in [0.1, 0.15) is 5.82 Å². The molecule has 0 unspecified atom stereocenters. The first-order valence-corrected chi connectivity index (χ1v) is 5.99. The first-order chi connectivity index (χ1) is 9.13. The Kier molecular flexibility index (Phi) is 4.13. The second kappa shape index (κ2) is 6.00. The maximum absolute atomic E-state index is 12.7. The summed E-state index contributed by atoms with van der Waals surface area (Å²) in [5, 5.41) is 2.78. The molecule has 3 nitrogen and oxygen atoms in total. The van der Waals surface area contributed by atoms with Crippen molar-refractivity contribution in [3.63, 3.8) is 0 Å². The molecule has 2 aromatic rings. The number of amides is 1. The molecule has 0 aliphatic heterocycles. The van der Waals surface area contributed by atoms with Crippen molar-refractivity contribution in [3.8, 4) is 0 Å². The van der Waals surface area contributed by atoms with Crippen LogP contribution in [0.2, 0.25) is 0 Å². The summed E-state index contributed by atoms with van der Waals surface area (Å²) < 4.78 is 12.7. The Balaban J connectivity index is 1.86. The van der Waals surface area contributed by atoms with Crippen molar-refractivity contribution in [2.75, 3.05) is 5.73 Å². The van der Waals surface area contributed by atoms with E-state index in [-0.39, 0.29) is 18.1 Å². The van der Waals surface area contributed by atoms with Gasteiger partial charge in [0.25, 0.3) is 0 Å². The van der Waals surface area contributed by atoms with Gasteiger partial charge in [-0.2, -0.15) is 0 Å². The van der Waals surface area contributed by atoms with Gasteiger partial charge < -0.3 is 11.1 Å². The van der Waals surface area contributed by atoms with Gasteiger partial charge in [-0.15, -0.1) is 0 Å². The van der Waals surface area contributed by atoms with Gasteiger partial charge in [-0.05, 0) is 35.4 Å². The van der Waals surface area contributed by atoms with Crippen molar-refractivity contribution in [2.24, 2.45) is 0 Å². The van der Waals surface area contributed by atoms with E-state index in [1.54, 1.807) is 24.3 Å². The standard InChI is InChI=1S/C15H15FN2O/c16-13-6-4-11(5-7-13)10-18-15(19)9-12-2-1-3-14(17)8-12/h1-8H,9-10,17H2,(H,18,19). The van der Waals surface area contributed by atoms with Crippen LogP contribution in [0, 0.1) is 5.82 Å². The first-order valence-electron chi connectivity index (χ1n) is 5.99. The molecule has 0 saturated carbocycles. The molecule has 19 heavy (non-hydrogen) atoms. The van der Waals surface area contributed by atoms with E-state index < -0.39 is 0 Å². The van der Waals surface area contributed by atoms with E-state index in [2.05, 4.69) is 5.32 Å². The monoisotopic (exact) mass is 258 g/mol. The van der Waals surface area contributed by atoms with Gasteiger partial charge in [0.2, 0.25) is 5.91 Å². The van der Waals surface area contributed by atoms with Gasteiger partial charge in [0, 0.05) is 12.2 Å². The summed E-state index contributed by atoms with van der Waals surface area (Å²) in [6.07, 6.45) is 0.284. The lowest BCUT2D eigenvalue weighted by atomic mass is 10.1. The van der Waals surface area contributed by atoms with Crippen LogP contribution < -0.4 is 11.1 Å². The normalized spacial score (nSPS) is 10.2. The van der Waals surface area contributed by atoms with Gasteiger partial charge >= 0.3 is 0 Å². The zero-order valence-electron chi connectivity index (χ0n) is 10.4. The number of hydrogen-bond acceptors (Lipinski definition) is 2. The minimum Gasteiger partial charge on any atom is -0.399 e. The first kappa shape index (κ1) is 13.1. The lowest BCUT2D eigenvalue weighted by Crippen LogP contribution is -2.24. The van der Waals surface area contributed by atoms with E-state index in [9.17, 15) is 9.18 Å². The Morgan fingerprint density at radius 3 is 2.53 bits per heavy atom. The molecule has 0 heterocycles. The van der Waals surface area contributed by atoms with Crippen molar-refractivity contribution in [3.05, 3.63) is 65.5 Å². The molecular formula is C15H15FN2O. The lowest BCUT2D eigenvalue weighted by Gasteiger charge is -2.06. The van der Waals surface area contributed by atoms with Crippen LogP contribution in [0.5, 0.6) is 0 Å². The summed E-state index contributed by atoms with van der Waals surface area (Å²) in [5.41, 5.74) is 8.02. The average molecular weight is 258 g/mol. The van der Waals surface area contributed by atoms with E-state index in [0.717, 1.165) is 11.1 Å². The van der Waals surface area contributed by atoms with Gasteiger partial charge in [-0.25, -0.2) is 4.39 Å². The molecule has 0 spiro atoms. The van der Waals surface area contributed by atoms with Crippen molar-refractivity contribution in [1.82, 2.24) is 5.32 Å².